The first-order chi connectivity index (χ1) is 12.6. The van der Waals surface area contributed by atoms with Gasteiger partial charge >= 0.3 is 0 Å². The van der Waals surface area contributed by atoms with Gasteiger partial charge in [0.1, 0.15) is 5.75 Å². The van der Waals surface area contributed by atoms with Gasteiger partial charge in [0, 0.05) is 5.56 Å². The highest BCUT2D eigenvalue weighted by atomic mass is 16.6. The highest BCUT2D eigenvalue weighted by molar-refractivity contribution is 5.95. The minimum Gasteiger partial charge on any atom is -0.493 e. The van der Waals surface area contributed by atoms with Crippen molar-refractivity contribution >= 4 is 17.9 Å². The lowest BCUT2D eigenvalue weighted by Gasteiger charge is -2.06. The fraction of sp³-hybridized carbons (Fsp3) is 0.200. The predicted molar refractivity (Wildman–Crippen MR) is 91.0 cm³/mol. The Labute approximate surface area is 147 Å². The van der Waals surface area contributed by atoms with Gasteiger partial charge in [0.25, 0.3) is 5.91 Å². The van der Waals surface area contributed by atoms with Crippen LogP contribution in [0, 0.1) is 6.92 Å². The molecule has 0 saturated carbocycles. The number of nitrogens with one attached hydrogen (secondary N) is 1. The van der Waals surface area contributed by atoms with Crippen molar-refractivity contribution in [3.63, 3.8) is 0 Å². The Bertz CT molecular complexity index is 946. The van der Waals surface area contributed by atoms with Crippen molar-refractivity contribution in [2.24, 2.45) is 5.10 Å². The number of aromatic nitrogens is 5. The van der Waals surface area contributed by atoms with E-state index in [1.807, 2.05) is 31.2 Å². The number of para-hydroxylation sites is 1. The van der Waals surface area contributed by atoms with E-state index in [-0.39, 0.29) is 17.3 Å². The molecule has 3 rings (SSSR count). The number of hydrogen-bond donors (Lipinski definition) is 2. The molecule has 2 heterocycles. The van der Waals surface area contributed by atoms with E-state index in [0.29, 0.717) is 18.1 Å². The number of benzene rings is 1. The molecule has 3 N–H and O–H groups in total. The van der Waals surface area contributed by atoms with Gasteiger partial charge in [-0.15, -0.1) is 5.10 Å². The lowest BCUT2D eigenvalue weighted by molar-refractivity contribution is 0.0946. The van der Waals surface area contributed by atoms with Gasteiger partial charge in [-0.3, -0.25) is 4.79 Å². The number of hydrazone groups is 1. The molecule has 26 heavy (non-hydrogen) atoms. The number of nitrogen functional groups attached to an aromatic ring is 1. The van der Waals surface area contributed by atoms with Gasteiger partial charge in [-0.25, -0.2) is 10.1 Å². The molecule has 1 amide bonds. The number of ether oxygens (including phenoxy) is 1. The Morgan fingerprint density at radius 2 is 2.23 bits per heavy atom. The average Bonchev–Trinajstić information content (AvgIpc) is 3.21. The molecule has 0 unspecified atom stereocenters. The standard InChI is InChI=1S/C15H16N8O3/c1-3-25-11-7-5-4-6-10(11)8-17-19-15(24)12-9(2)18-22-23(12)14-13(16)20-26-21-14/h4-8H,3H2,1-2H3,(H2,16,20)(H,19,24)/b17-8-. The van der Waals surface area contributed by atoms with Crippen molar-refractivity contribution in [3.8, 4) is 11.6 Å². The van der Waals surface area contributed by atoms with Crippen molar-refractivity contribution in [1.29, 1.82) is 0 Å². The monoisotopic (exact) mass is 356 g/mol. The average molecular weight is 356 g/mol. The number of carbonyl (C=O) groups is 1. The lowest BCUT2D eigenvalue weighted by Crippen LogP contribution is -2.22. The number of amides is 1. The summed E-state index contributed by atoms with van der Waals surface area (Å²) < 4.78 is 11.2. The van der Waals surface area contributed by atoms with Crippen LogP contribution in [0.4, 0.5) is 5.82 Å². The summed E-state index contributed by atoms with van der Waals surface area (Å²) >= 11 is 0. The van der Waals surface area contributed by atoms with E-state index in [1.165, 1.54) is 6.21 Å². The van der Waals surface area contributed by atoms with Crippen LogP contribution in [0.5, 0.6) is 5.75 Å². The maximum Gasteiger partial charge on any atom is 0.292 e. The van der Waals surface area contributed by atoms with Crippen LogP contribution in [0.3, 0.4) is 0 Å². The van der Waals surface area contributed by atoms with Crippen LogP contribution in [0.2, 0.25) is 0 Å². The van der Waals surface area contributed by atoms with Crippen molar-refractivity contribution in [3.05, 3.63) is 41.2 Å². The van der Waals surface area contributed by atoms with Crippen molar-refractivity contribution in [2.45, 2.75) is 13.8 Å². The van der Waals surface area contributed by atoms with E-state index in [2.05, 4.69) is 35.8 Å². The number of hydrogen-bond acceptors (Lipinski definition) is 9. The van der Waals surface area contributed by atoms with Gasteiger partial charge in [-0.1, -0.05) is 17.3 Å². The number of rotatable bonds is 6. The van der Waals surface area contributed by atoms with E-state index in [9.17, 15) is 4.79 Å². The SMILES string of the molecule is CCOc1ccccc1/C=N\NC(=O)c1c(C)nnn1-c1nonc1N. The Hall–Kier alpha value is -3.76. The van der Waals surface area contributed by atoms with E-state index < -0.39 is 5.91 Å². The lowest BCUT2D eigenvalue weighted by atomic mass is 10.2. The Kier molecular flexibility index (Phi) is 4.87. The van der Waals surface area contributed by atoms with Crippen molar-refractivity contribution in [2.75, 3.05) is 12.3 Å². The molecule has 0 saturated heterocycles. The van der Waals surface area contributed by atoms with E-state index in [0.717, 1.165) is 10.2 Å². The molecular weight excluding hydrogens is 340 g/mol. The molecule has 0 radical (unpaired) electrons. The first-order valence-corrected chi connectivity index (χ1v) is 7.67. The second-order valence-corrected chi connectivity index (χ2v) is 5.08. The Morgan fingerprint density at radius 3 is 2.96 bits per heavy atom. The molecule has 11 nitrogen and oxygen atoms in total. The second-order valence-electron chi connectivity index (χ2n) is 5.08. The molecule has 0 atom stereocenters. The van der Waals surface area contributed by atoms with Crippen LogP contribution in [0.15, 0.2) is 34.0 Å². The number of carbonyl (C=O) groups excluding carboxylic acids is 1. The number of nitrogens with zero attached hydrogens (tertiary/aromatic N) is 6. The Balaban J connectivity index is 1.80. The second kappa shape index (κ2) is 7.42. The summed E-state index contributed by atoms with van der Waals surface area (Å²) in [5, 5.41) is 18.7. The van der Waals surface area contributed by atoms with Crippen LogP contribution >= 0.6 is 0 Å². The largest absolute Gasteiger partial charge is 0.493 e. The van der Waals surface area contributed by atoms with Crippen molar-refractivity contribution in [1.82, 2.24) is 30.7 Å². The molecule has 134 valence electrons. The van der Waals surface area contributed by atoms with Gasteiger partial charge in [-0.2, -0.15) is 9.78 Å². The smallest absolute Gasteiger partial charge is 0.292 e. The molecule has 11 heteroatoms. The third kappa shape index (κ3) is 3.36. The van der Waals surface area contributed by atoms with E-state index in [1.54, 1.807) is 6.92 Å². The summed E-state index contributed by atoms with van der Waals surface area (Å²) in [4.78, 5) is 12.5. The molecule has 1 aromatic carbocycles. The third-order valence-electron chi connectivity index (χ3n) is 3.34. The normalized spacial score (nSPS) is 11.0. The Morgan fingerprint density at radius 1 is 1.42 bits per heavy atom. The van der Waals surface area contributed by atoms with Crippen LogP contribution in [-0.2, 0) is 0 Å². The van der Waals surface area contributed by atoms with Crippen LogP contribution in [-0.4, -0.2) is 44.0 Å². The van der Waals surface area contributed by atoms with Crippen molar-refractivity contribution < 1.29 is 14.2 Å². The minimum absolute atomic E-state index is 0.0157. The molecule has 0 spiro atoms. The number of anilines is 1. The minimum atomic E-state index is -0.542. The fourth-order valence-corrected chi connectivity index (χ4v) is 2.19. The fourth-order valence-electron chi connectivity index (χ4n) is 2.19. The summed E-state index contributed by atoms with van der Waals surface area (Å²) in [5.74, 6) is 0.178. The van der Waals surface area contributed by atoms with Gasteiger partial charge in [0.2, 0.25) is 11.6 Å². The van der Waals surface area contributed by atoms with E-state index in [4.69, 9.17) is 10.5 Å². The van der Waals surface area contributed by atoms with Crippen LogP contribution in [0.25, 0.3) is 5.82 Å². The zero-order valence-corrected chi connectivity index (χ0v) is 14.1. The molecule has 0 aliphatic heterocycles. The van der Waals surface area contributed by atoms with Gasteiger partial charge < -0.3 is 10.5 Å². The summed E-state index contributed by atoms with van der Waals surface area (Å²) in [5.41, 5.74) is 9.27. The number of aryl methyl sites for hydroxylation is 1. The topological polar surface area (TPSA) is 146 Å². The van der Waals surface area contributed by atoms with Gasteiger partial charge in [0.05, 0.1) is 18.5 Å². The highest BCUT2D eigenvalue weighted by Crippen LogP contribution is 2.16. The molecule has 0 bridgehead atoms. The molecule has 0 aliphatic rings. The van der Waals surface area contributed by atoms with E-state index >= 15 is 0 Å². The third-order valence-corrected chi connectivity index (χ3v) is 3.34. The highest BCUT2D eigenvalue weighted by Gasteiger charge is 2.22. The van der Waals surface area contributed by atoms with Gasteiger partial charge in [-0.05, 0) is 36.3 Å². The first kappa shape index (κ1) is 17.1. The van der Waals surface area contributed by atoms with Crippen LogP contribution < -0.4 is 15.9 Å². The molecule has 3 aromatic rings. The molecule has 2 aromatic heterocycles. The maximum atomic E-state index is 12.5. The summed E-state index contributed by atoms with van der Waals surface area (Å²) in [7, 11) is 0. The zero-order valence-electron chi connectivity index (χ0n) is 14.1. The van der Waals surface area contributed by atoms with Gasteiger partial charge in [0.15, 0.2) is 5.69 Å². The van der Waals surface area contributed by atoms with Crippen LogP contribution in [0.1, 0.15) is 28.7 Å². The summed E-state index contributed by atoms with van der Waals surface area (Å²) in [6.45, 7) is 4.03. The predicted octanol–water partition coefficient (Wildman–Crippen LogP) is 0.704. The summed E-state index contributed by atoms with van der Waals surface area (Å²) in [6, 6.07) is 7.33. The molecule has 0 aliphatic carbocycles. The quantitative estimate of drug-likeness (QED) is 0.485. The molecular formula is C15H16N8O3. The number of nitrogens with two attached hydrogens (primary N) is 1. The molecule has 0 fully saturated rings. The summed E-state index contributed by atoms with van der Waals surface area (Å²) in [6.07, 6.45) is 1.48. The zero-order chi connectivity index (χ0) is 18.5. The first-order valence-electron chi connectivity index (χ1n) is 7.67. The maximum absolute atomic E-state index is 12.5.